The van der Waals surface area contributed by atoms with E-state index >= 15 is 0 Å². The van der Waals surface area contributed by atoms with Gasteiger partial charge in [0.25, 0.3) is 0 Å². The van der Waals surface area contributed by atoms with Crippen molar-refractivity contribution in [2.24, 2.45) is 0 Å². The number of hydrogen-bond donors (Lipinski definition) is 1. The van der Waals surface area contributed by atoms with Gasteiger partial charge in [-0.05, 0) is 43.2 Å². The number of halogens is 4. The Bertz CT molecular complexity index is 1180. The van der Waals surface area contributed by atoms with Crippen LogP contribution in [0.1, 0.15) is 32.3 Å². The van der Waals surface area contributed by atoms with Crippen molar-refractivity contribution in [3.05, 3.63) is 62.1 Å². The van der Waals surface area contributed by atoms with Crippen LogP contribution in [-0.2, 0) is 26.2 Å². The lowest BCUT2D eigenvalue weighted by molar-refractivity contribution is -0.139. The van der Waals surface area contributed by atoms with E-state index in [9.17, 15) is 18.0 Å². The number of nitrogens with one attached hydrogen (secondary N) is 1. The summed E-state index contributed by atoms with van der Waals surface area (Å²) in [7, 11) is -3.94. The summed E-state index contributed by atoms with van der Waals surface area (Å²) in [4.78, 5) is 27.6. The highest BCUT2D eigenvalue weighted by atomic mass is 35.5. The molecule has 1 N–H and O–H groups in total. The number of hydrogen-bond acceptors (Lipinski definition) is 4. The van der Waals surface area contributed by atoms with Gasteiger partial charge in [0.15, 0.2) is 0 Å². The maximum absolute atomic E-state index is 13.5. The monoisotopic (exact) mass is 581 g/mol. The zero-order valence-electron chi connectivity index (χ0n) is 19.5. The second kappa shape index (κ2) is 13.0. The third kappa shape index (κ3) is 8.15. The molecule has 0 bridgehead atoms. The van der Waals surface area contributed by atoms with Crippen LogP contribution in [0.4, 0.5) is 5.69 Å². The molecule has 0 saturated carbocycles. The first-order chi connectivity index (χ1) is 16.4. The first-order valence-corrected chi connectivity index (χ1v) is 14.2. The van der Waals surface area contributed by atoms with Crippen molar-refractivity contribution in [3.8, 4) is 0 Å². The van der Waals surface area contributed by atoms with Crippen molar-refractivity contribution in [3.63, 3.8) is 0 Å². The van der Waals surface area contributed by atoms with E-state index < -0.39 is 28.5 Å². The van der Waals surface area contributed by atoms with Crippen LogP contribution >= 0.6 is 46.4 Å². The molecule has 0 saturated heterocycles. The number of carbonyl (C=O) groups excluding carboxylic acids is 2. The molecule has 0 heterocycles. The van der Waals surface area contributed by atoms with Gasteiger partial charge in [0.05, 0.1) is 22.0 Å². The van der Waals surface area contributed by atoms with Crippen molar-refractivity contribution in [1.29, 1.82) is 0 Å². The lowest BCUT2D eigenvalue weighted by Crippen LogP contribution is -2.51. The maximum Gasteiger partial charge on any atom is 0.244 e. The second-order valence-corrected chi connectivity index (χ2v) is 11.5. The summed E-state index contributed by atoms with van der Waals surface area (Å²) in [6.45, 7) is 3.38. The van der Waals surface area contributed by atoms with Crippen molar-refractivity contribution >= 4 is 73.9 Å². The molecule has 0 aliphatic rings. The van der Waals surface area contributed by atoms with E-state index in [1.807, 2.05) is 6.92 Å². The van der Waals surface area contributed by atoms with Crippen molar-refractivity contribution in [2.75, 3.05) is 23.7 Å². The van der Waals surface area contributed by atoms with E-state index in [0.29, 0.717) is 22.2 Å². The first kappa shape index (κ1) is 29.5. The third-order valence-electron chi connectivity index (χ3n) is 5.23. The van der Waals surface area contributed by atoms with Crippen LogP contribution < -0.4 is 9.62 Å². The Hall–Kier alpha value is -1.71. The van der Waals surface area contributed by atoms with E-state index in [4.69, 9.17) is 46.4 Å². The molecule has 2 aromatic rings. The van der Waals surface area contributed by atoms with Crippen LogP contribution in [0.5, 0.6) is 0 Å². The number of nitrogens with zero attached hydrogens (tertiary/aromatic N) is 2. The van der Waals surface area contributed by atoms with Crippen LogP contribution in [0.2, 0.25) is 20.1 Å². The van der Waals surface area contributed by atoms with Gasteiger partial charge in [0, 0.05) is 23.1 Å². The first-order valence-electron chi connectivity index (χ1n) is 10.8. The zero-order valence-corrected chi connectivity index (χ0v) is 23.4. The zero-order chi connectivity index (χ0) is 26.3. The van der Waals surface area contributed by atoms with E-state index in [1.54, 1.807) is 19.1 Å². The van der Waals surface area contributed by atoms with Crippen molar-refractivity contribution < 1.29 is 18.0 Å². The molecule has 0 fully saturated rings. The summed E-state index contributed by atoms with van der Waals surface area (Å²) in [6.07, 6.45) is 2.63. The Labute approximate surface area is 226 Å². The molecule has 12 heteroatoms. The summed E-state index contributed by atoms with van der Waals surface area (Å²) in [5.41, 5.74) is 0.601. The largest absolute Gasteiger partial charge is 0.354 e. The lowest BCUT2D eigenvalue weighted by atomic mass is 10.1. The Morgan fingerprint density at radius 1 is 1.06 bits per heavy atom. The van der Waals surface area contributed by atoms with Gasteiger partial charge in [-0.15, -0.1) is 0 Å². The van der Waals surface area contributed by atoms with Gasteiger partial charge in [0.1, 0.15) is 12.6 Å². The number of unbranched alkanes of at least 4 members (excludes halogenated alkanes) is 1. The van der Waals surface area contributed by atoms with Gasteiger partial charge in [-0.25, -0.2) is 8.42 Å². The molecule has 35 heavy (non-hydrogen) atoms. The molecule has 7 nitrogen and oxygen atoms in total. The fraction of sp³-hybridized carbons (Fsp3) is 0.391. The molecule has 2 rings (SSSR count). The van der Waals surface area contributed by atoms with E-state index in [-0.39, 0.29) is 28.2 Å². The second-order valence-electron chi connectivity index (χ2n) is 7.92. The Morgan fingerprint density at radius 2 is 1.74 bits per heavy atom. The fourth-order valence-electron chi connectivity index (χ4n) is 3.23. The van der Waals surface area contributed by atoms with Gasteiger partial charge in [0.2, 0.25) is 21.8 Å². The standard InChI is InChI=1S/C23H27Cl4N3O4S/c1-4-5-11-28-23(32)15(2)29(13-16-9-10-17(24)12-19(16)26)21(31)14-30(35(3,33)34)20-8-6-7-18(25)22(20)27/h6-10,12,15H,4-5,11,13-14H2,1-3H3,(H,28,32)/t15-/m1/s1. The predicted molar refractivity (Wildman–Crippen MR) is 143 cm³/mol. The highest BCUT2D eigenvalue weighted by Crippen LogP contribution is 2.34. The summed E-state index contributed by atoms with van der Waals surface area (Å²) in [5.74, 6) is -1.00. The topological polar surface area (TPSA) is 86.8 Å². The van der Waals surface area contributed by atoms with Crippen LogP contribution in [0, 0.1) is 0 Å². The SMILES string of the molecule is CCCCNC(=O)[C@@H](C)N(Cc1ccc(Cl)cc1Cl)C(=O)CN(c1cccc(Cl)c1Cl)S(C)(=O)=O. The van der Waals surface area contributed by atoms with Crippen molar-refractivity contribution in [1.82, 2.24) is 10.2 Å². The molecule has 0 radical (unpaired) electrons. The highest BCUT2D eigenvalue weighted by molar-refractivity contribution is 7.92. The summed E-state index contributed by atoms with van der Waals surface area (Å²) < 4.78 is 26.1. The molecule has 0 aliphatic heterocycles. The molecule has 0 aromatic heterocycles. The number of carbonyl (C=O) groups is 2. The number of rotatable bonds is 11. The Morgan fingerprint density at radius 3 is 2.34 bits per heavy atom. The molecule has 192 valence electrons. The van der Waals surface area contributed by atoms with Crippen molar-refractivity contribution in [2.45, 2.75) is 39.3 Å². The number of amides is 2. The minimum Gasteiger partial charge on any atom is -0.354 e. The minimum atomic E-state index is -3.94. The lowest BCUT2D eigenvalue weighted by Gasteiger charge is -2.32. The molecular weight excluding hydrogens is 556 g/mol. The summed E-state index contributed by atoms with van der Waals surface area (Å²) >= 11 is 24.6. The van der Waals surface area contributed by atoms with Gasteiger partial charge >= 0.3 is 0 Å². The molecule has 1 atom stereocenters. The predicted octanol–water partition coefficient (Wildman–Crippen LogP) is 5.40. The average molecular weight is 583 g/mol. The minimum absolute atomic E-state index is 0.00922. The average Bonchev–Trinajstić information content (AvgIpc) is 2.78. The van der Waals surface area contributed by atoms with E-state index in [1.165, 1.54) is 29.2 Å². The Balaban J connectivity index is 2.43. The summed E-state index contributed by atoms with van der Waals surface area (Å²) in [5, 5.41) is 3.66. The molecular formula is C23H27Cl4N3O4S. The van der Waals surface area contributed by atoms with Crippen LogP contribution in [0.15, 0.2) is 36.4 Å². The van der Waals surface area contributed by atoms with Gasteiger partial charge in [-0.3, -0.25) is 13.9 Å². The number of benzene rings is 2. The van der Waals surface area contributed by atoms with Crippen LogP contribution in [0.3, 0.4) is 0 Å². The smallest absolute Gasteiger partial charge is 0.244 e. The van der Waals surface area contributed by atoms with E-state index in [2.05, 4.69) is 5.32 Å². The quantitative estimate of drug-likeness (QED) is 0.359. The van der Waals surface area contributed by atoms with Gasteiger partial charge < -0.3 is 10.2 Å². The molecule has 0 aliphatic carbocycles. The molecule has 2 aromatic carbocycles. The highest BCUT2D eigenvalue weighted by Gasteiger charge is 2.31. The molecule has 2 amide bonds. The van der Waals surface area contributed by atoms with E-state index in [0.717, 1.165) is 23.4 Å². The normalized spacial score (nSPS) is 12.2. The Kier molecular flexibility index (Phi) is 11.0. The summed E-state index contributed by atoms with van der Waals surface area (Å²) in [6, 6.07) is 8.36. The number of sulfonamides is 1. The third-order valence-corrected chi connectivity index (χ3v) is 7.75. The van der Waals surface area contributed by atoms with Gasteiger partial charge in [-0.1, -0.05) is 71.9 Å². The van der Waals surface area contributed by atoms with Crippen LogP contribution in [0.25, 0.3) is 0 Å². The molecule has 0 spiro atoms. The fourth-order valence-corrected chi connectivity index (χ4v) is 5.00. The van der Waals surface area contributed by atoms with Gasteiger partial charge in [-0.2, -0.15) is 0 Å². The maximum atomic E-state index is 13.5. The van der Waals surface area contributed by atoms with Crippen LogP contribution in [-0.4, -0.2) is 50.5 Å². The molecule has 0 unspecified atom stereocenters. The number of anilines is 1.